The van der Waals surface area contributed by atoms with Crippen LogP contribution in [0.25, 0.3) is 0 Å². The van der Waals surface area contributed by atoms with Crippen LogP contribution in [0.3, 0.4) is 0 Å². The Morgan fingerprint density at radius 3 is 2.40 bits per heavy atom. The maximum Gasteiger partial charge on any atom is 0.213 e. The van der Waals surface area contributed by atoms with E-state index < -0.39 is 0 Å². The molecule has 0 amide bonds. The lowest BCUT2D eigenvalue weighted by Crippen LogP contribution is -2.04. The standard InChI is InChI=1S/C12H17NO2/c1-3-9-15-11-7-5-10(6-8-11)12(13)14-4-2/h5-8,13H,3-4,9H2,1-2H3. The molecule has 0 aliphatic heterocycles. The predicted molar refractivity (Wildman–Crippen MR) is 60.7 cm³/mol. The van der Waals surface area contributed by atoms with E-state index in [4.69, 9.17) is 14.9 Å². The second-order valence-electron chi connectivity index (χ2n) is 3.13. The first kappa shape index (κ1) is 11.6. The largest absolute Gasteiger partial charge is 0.494 e. The Morgan fingerprint density at radius 2 is 1.87 bits per heavy atom. The quantitative estimate of drug-likeness (QED) is 0.596. The van der Waals surface area contributed by atoms with Crippen LogP contribution in [0.5, 0.6) is 5.75 Å². The highest BCUT2D eigenvalue weighted by molar-refractivity contribution is 5.91. The van der Waals surface area contributed by atoms with Gasteiger partial charge >= 0.3 is 0 Å². The predicted octanol–water partition coefficient (Wildman–Crippen LogP) is 2.84. The summed E-state index contributed by atoms with van der Waals surface area (Å²) in [6.07, 6.45) is 0.997. The van der Waals surface area contributed by atoms with Crippen molar-refractivity contribution in [2.45, 2.75) is 20.3 Å². The second kappa shape index (κ2) is 6.06. The fourth-order valence-electron chi connectivity index (χ4n) is 1.15. The summed E-state index contributed by atoms with van der Waals surface area (Å²) in [5.74, 6) is 1.05. The summed E-state index contributed by atoms with van der Waals surface area (Å²) in [5.41, 5.74) is 0.778. The van der Waals surface area contributed by atoms with Crippen LogP contribution in [-0.2, 0) is 4.74 Å². The van der Waals surface area contributed by atoms with E-state index >= 15 is 0 Å². The number of benzene rings is 1. The minimum atomic E-state index is 0.208. The van der Waals surface area contributed by atoms with E-state index in [0.717, 1.165) is 24.3 Å². The van der Waals surface area contributed by atoms with Crippen molar-refractivity contribution in [1.29, 1.82) is 5.41 Å². The molecular weight excluding hydrogens is 190 g/mol. The van der Waals surface area contributed by atoms with Gasteiger partial charge in [-0.3, -0.25) is 5.41 Å². The molecule has 1 aromatic carbocycles. The van der Waals surface area contributed by atoms with Gasteiger partial charge in [0.1, 0.15) is 5.75 Å². The Hall–Kier alpha value is -1.51. The first-order valence-electron chi connectivity index (χ1n) is 5.22. The van der Waals surface area contributed by atoms with Crippen molar-refractivity contribution in [3.63, 3.8) is 0 Å². The minimum Gasteiger partial charge on any atom is -0.494 e. The van der Waals surface area contributed by atoms with E-state index in [2.05, 4.69) is 6.92 Å². The van der Waals surface area contributed by atoms with Crippen LogP contribution in [0, 0.1) is 5.41 Å². The first-order chi connectivity index (χ1) is 7.27. The highest BCUT2D eigenvalue weighted by atomic mass is 16.5. The van der Waals surface area contributed by atoms with Crippen LogP contribution in [0.15, 0.2) is 24.3 Å². The molecule has 0 radical (unpaired) electrons. The lowest BCUT2D eigenvalue weighted by Gasteiger charge is -2.07. The van der Waals surface area contributed by atoms with Crippen molar-refractivity contribution in [1.82, 2.24) is 0 Å². The van der Waals surface area contributed by atoms with E-state index in [0.29, 0.717) is 6.61 Å². The van der Waals surface area contributed by atoms with Gasteiger partial charge in [0.2, 0.25) is 5.90 Å². The molecule has 1 rings (SSSR count). The Morgan fingerprint density at radius 1 is 1.20 bits per heavy atom. The first-order valence-corrected chi connectivity index (χ1v) is 5.22. The Bertz CT molecular complexity index is 306. The summed E-state index contributed by atoms with van der Waals surface area (Å²) in [4.78, 5) is 0. The van der Waals surface area contributed by atoms with Gasteiger partial charge in [-0.2, -0.15) is 0 Å². The summed E-state index contributed by atoms with van der Waals surface area (Å²) < 4.78 is 10.5. The smallest absolute Gasteiger partial charge is 0.213 e. The van der Waals surface area contributed by atoms with Gasteiger partial charge in [0, 0.05) is 5.56 Å². The van der Waals surface area contributed by atoms with Gasteiger partial charge in [0.15, 0.2) is 0 Å². The lowest BCUT2D eigenvalue weighted by atomic mass is 10.2. The molecule has 15 heavy (non-hydrogen) atoms. The molecule has 0 spiro atoms. The van der Waals surface area contributed by atoms with Crippen molar-refractivity contribution < 1.29 is 9.47 Å². The molecule has 1 N–H and O–H groups in total. The number of rotatable bonds is 5. The average molecular weight is 207 g/mol. The molecule has 0 aliphatic rings. The molecule has 0 aliphatic carbocycles. The summed E-state index contributed by atoms with van der Waals surface area (Å²) in [7, 11) is 0. The van der Waals surface area contributed by atoms with Gasteiger partial charge in [-0.05, 0) is 37.6 Å². The summed E-state index contributed by atoms with van der Waals surface area (Å²) in [6.45, 7) is 5.18. The molecule has 3 nitrogen and oxygen atoms in total. The van der Waals surface area contributed by atoms with Crippen molar-refractivity contribution in [3.8, 4) is 5.75 Å². The van der Waals surface area contributed by atoms with Gasteiger partial charge in [-0.25, -0.2) is 0 Å². The van der Waals surface area contributed by atoms with Gasteiger partial charge < -0.3 is 9.47 Å². The molecule has 0 aromatic heterocycles. The van der Waals surface area contributed by atoms with Crippen LogP contribution < -0.4 is 4.74 Å². The zero-order valence-corrected chi connectivity index (χ0v) is 9.25. The van der Waals surface area contributed by atoms with Crippen LogP contribution in [0.4, 0.5) is 0 Å². The topological polar surface area (TPSA) is 42.3 Å². The Labute approximate surface area is 90.5 Å². The van der Waals surface area contributed by atoms with Gasteiger partial charge in [-0.1, -0.05) is 6.92 Å². The number of hydrogen-bond donors (Lipinski definition) is 1. The monoisotopic (exact) mass is 207 g/mol. The third-order valence-electron chi connectivity index (χ3n) is 1.88. The molecule has 0 saturated heterocycles. The molecule has 0 bridgehead atoms. The minimum absolute atomic E-state index is 0.208. The van der Waals surface area contributed by atoms with Gasteiger partial charge in [0.05, 0.1) is 13.2 Å². The van der Waals surface area contributed by atoms with Crippen molar-refractivity contribution >= 4 is 5.90 Å². The maximum atomic E-state index is 7.58. The van der Waals surface area contributed by atoms with Crippen molar-refractivity contribution in [2.75, 3.05) is 13.2 Å². The zero-order valence-electron chi connectivity index (χ0n) is 9.25. The van der Waals surface area contributed by atoms with Crippen molar-refractivity contribution in [3.05, 3.63) is 29.8 Å². The second-order valence-corrected chi connectivity index (χ2v) is 3.13. The van der Waals surface area contributed by atoms with Crippen LogP contribution in [-0.4, -0.2) is 19.1 Å². The number of nitrogens with one attached hydrogen (secondary N) is 1. The molecule has 82 valence electrons. The number of hydrogen-bond acceptors (Lipinski definition) is 3. The summed E-state index contributed by atoms with van der Waals surface area (Å²) in [6, 6.07) is 7.39. The molecule has 3 heteroatoms. The third-order valence-corrected chi connectivity index (χ3v) is 1.88. The fourth-order valence-corrected chi connectivity index (χ4v) is 1.15. The van der Waals surface area contributed by atoms with Gasteiger partial charge in [-0.15, -0.1) is 0 Å². The fraction of sp³-hybridized carbons (Fsp3) is 0.417. The van der Waals surface area contributed by atoms with E-state index in [9.17, 15) is 0 Å². The van der Waals surface area contributed by atoms with Crippen LogP contribution >= 0.6 is 0 Å². The highest BCUT2D eigenvalue weighted by Crippen LogP contribution is 2.13. The van der Waals surface area contributed by atoms with Gasteiger partial charge in [0.25, 0.3) is 0 Å². The molecule has 0 unspecified atom stereocenters. The van der Waals surface area contributed by atoms with E-state index in [1.807, 2.05) is 31.2 Å². The molecule has 0 fully saturated rings. The van der Waals surface area contributed by atoms with Crippen LogP contribution in [0.2, 0.25) is 0 Å². The highest BCUT2D eigenvalue weighted by Gasteiger charge is 2.01. The Balaban J connectivity index is 2.59. The zero-order chi connectivity index (χ0) is 11.1. The summed E-state index contributed by atoms with van der Waals surface area (Å²) >= 11 is 0. The average Bonchev–Trinajstić information content (AvgIpc) is 2.27. The number of ether oxygens (including phenoxy) is 2. The summed E-state index contributed by atoms with van der Waals surface area (Å²) in [5, 5.41) is 7.58. The lowest BCUT2D eigenvalue weighted by molar-refractivity contribution is 0.317. The molecule has 0 heterocycles. The van der Waals surface area contributed by atoms with E-state index in [-0.39, 0.29) is 5.90 Å². The molecule has 0 atom stereocenters. The SMILES string of the molecule is CCCOc1ccc(C(=N)OCC)cc1. The molecule has 0 saturated carbocycles. The molecule has 1 aromatic rings. The maximum absolute atomic E-state index is 7.58. The normalized spacial score (nSPS) is 9.73. The van der Waals surface area contributed by atoms with Crippen molar-refractivity contribution in [2.24, 2.45) is 0 Å². The van der Waals surface area contributed by atoms with E-state index in [1.165, 1.54) is 0 Å². The van der Waals surface area contributed by atoms with Crippen LogP contribution in [0.1, 0.15) is 25.8 Å². The third kappa shape index (κ3) is 3.62. The van der Waals surface area contributed by atoms with E-state index in [1.54, 1.807) is 0 Å². The molecular formula is C12H17NO2. The Kier molecular flexibility index (Phi) is 4.68.